The summed E-state index contributed by atoms with van der Waals surface area (Å²) in [5.41, 5.74) is 1.40. The molecular formula is C23H28N2O5. The van der Waals surface area contributed by atoms with Gasteiger partial charge in [-0.25, -0.2) is 0 Å². The van der Waals surface area contributed by atoms with Crippen molar-refractivity contribution in [1.82, 2.24) is 4.90 Å². The summed E-state index contributed by atoms with van der Waals surface area (Å²) in [5.74, 6) is 1.29. The molecule has 160 valence electrons. The molecule has 0 aliphatic carbocycles. The third-order valence-corrected chi connectivity index (χ3v) is 4.10. The van der Waals surface area contributed by atoms with E-state index in [1.807, 2.05) is 38.1 Å². The number of likely N-dealkylation sites (N-methyl/N-ethyl adjacent to an activating group) is 1. The van der Waals surface area contributed by atoms with Crippen molar-refractivity contribution in [3.63, 3.8) is 0 Å². The Morgan fingerprint density at radius 3 is 2.47 bits per heavy atom. The Morgan fingerprint density at radius 1 is 1.03 bits per heavy atom. The first-order chi connectivity index (χ1) is 14.5. The maximum absolute atomic E-state index is 12.3. The van der Waals surface area contributed by atoms with Gasteiger partial charge in [0.1, 0.15) is 5.75 Å². The van der Waals surface area contributed by atoms with E-state index in [2.05, 4.69) is 5.32 Å². The minimum atomic E-state index is -0.313. The van der Waals surface area contributed by atoms with E-state index in [1.54, 1.807) is 38.4 Å². The molecule has 7 heteroatoms. The monoisotopic (exact) mass is 412 g/mol. The number of benzene rings is 2. The lowest BCUT2D eigenvalue weighted by Crippen LogP contribution is -2.33. The smallest absolute Gasteiger partial charge is 0.246 e. The summed E-state index contributed by atoms with van der Waals surface area (Å²) < 4.78 is 16.2. The average Bonchev–Trinajstić information content (AvgIpc) is 2.74. The van der Waals surface area contributed by atoms with Crippen LogP contribution in [0.5, 0.6) is 17.2 Å². The van der Waals surface area contributed by atoms with Crippen LogP contribution >= 0.6 is 0 Å². The first-order valence-corrected chi connectivity index (χ1v) is 9.73. The molecule has 2 amide bonds. The van der Waals surface area contributed by atoms with Gasteiger partial charge < -0.3 is 24.4 Å². The molecule has 0 saturated heterocycles. The third-order valence-electron chi connectivity index (χ3n) is 4.10. The maximum atomic E-state index is 12.3. The number of anilines is 1. The van der Waals surface area contributed by atoms with Crippen molar-refractivity contribution < 1.29 is 23.8 Å². The van der Waals surface area contributed by atoms with Crippen molar-refractivity contribution in [2.45, 2.75) is 13.8 Å². The van der Waals surface area contributed by atoms with E-state index in [4.69, 9.17) is 14.2 Å². The lowest BCUT2D eigenvalue weighted by Gasteiger charge is -2.16. The van der Waals surface area contributed by atoms with Gasteiger partial charge in [-0.15, -0.1) is 0 Å². The van der Waals surface area contributed by atoms with Crippen LogP contribution in [-0.2, 0) is 9.59 Å². The predicted octanol–water partition coefficient (Wildman–Crippen LogP) is 3.60. The second kappa shape index (κ2) is 11.5. The molecule has 1 N–H and O–H groups in total. The van der Waals surface area contributed by atoms with E-state index in [0.717, 1.165) is 5.56 Å². The molecule has 0 saturated carbocycles. The number of methoxy groups -OCH3 is 1. The normalized spacial score (nSPS) is 10.5. The molecular weight excluding hydrogens is 384 g/mol. The summed E-state index contributed by atoms with van der Waals surface area (Å²) in [7, 11) is 3.16. The van der Waals surface area contributed by atoms with E-state index in [-0.39, 0.29) is 18.4 Å². The highest BCUT2D eigenvalue weighted by molar-refractivity contribution is 5.98. The largest absolute Gasteiger partial charge is 0.497 e. The summed E-state index contributed by atoms with van der Waals surface area (Å²) >= 11 is 0. The average molecular weight is 412 g/mol. The topological polar surface area (TPSA) is 77.1 Å². The maximum Gasteiger partial charge on any atom is 0.246 e. The number of carbonyl (C=O) groups is 2. The van der Waals surface area contributed by atoms with Crippen LogP contribution in [0.25, 0.3) is 6.08 Å². The number of carbonyl (C=O) groups excluding carboxylic acids is 2. The van der Waals surface area contributed by atoms with Crippen LogP contribution in [0.1, 0.15) is 19.4 Å². The van der Waals surface area contributed by atoms with Gasteiger partial charge in [0.05, 0.1) is 26.9 Å². The zero-order chi connectivity index (χ0) is 21.9. The number of amides is 2. The second-order valence-electron chi connectivity index (χ2n) is 6.38. The summed E-state index contributed by atoms with van der Waals surface area (Å²) in [6.45, 7) is 4.68. The zero-order valence-electron chi connectivity index (χ0n) is 17.8. The van der Waals surface area contributed by atoms with Crippen LogP contribution in [-0.4, -0.2) is 50.6 Å². The van der Waals surface area contributed by atoms with Crippen LogP contribution in [0.15, 0.2) is 48.5 Å². The number of hydrogen-bond acceptors (Lipinski definition) is 5. The molecule has 0 bridgehead atoms. The molecule has 2 rings (SSSR count). The molecule has 0 atom stereocenters. The fraction of sp³-hybridized carbons (Fsp3) is 0.304. The van der Waals surface area contributed by atoms with E-state index in [9.17, 15) is 9.59 Å². The highest BCUT2D eigenvalue weighted by atomic mass is 16.5. The summed E-state index contributed by atoms with van der Waals surface area (Å²) in [5, 5.41) is 2.78. The van der Waals surface area contributed by atoms with Crippen LogP contribution in [0.2, 0.25) is 0 Å². The molecule has 7 nitrogen and oxygen atoms in total. The number of nitrogens with one attached hydrogen (secondary N) is 1. The SMILES string of the molecule is CCOc1ccc(NC(=O)CN(C)C(=O)/C=C/c2cccc(OC)c2)cc1OCC. The van der Waals surface area contributed by atoms with Gasteiger partial charge in [0.25, 0.3) is 0 Å². The van der Waals surface area contributed by atoms with E-state index >= 15 is 0 Å². The first kappa shape index (κ1) is 22.8. The van der Waals surface area contributed by atoms with Crippen molar-refractivity contribution in [3.05, 3.63) is 54.1 Å². The van der Waals surface area contributed by atoms with Crippen LogP contribution in [0.3, 0.4) is 0 Å². The van der Waals surface area contributed by atoms with Crippen LogP contribution in [0.4, 0.5) is 5.69 Å². The fourth-order valence-electron chi connectivity index (χ4n) is 2.66. The first-order valence-electron chi connectivity index (χ1n) is 9.73. The Morgan fingerprint density at radius 2 is 1.77 bits per heavy atom. The quantitative estimate of drug-likeness (QED) is 0.604. The van der Waals surface area contributed by atoms with Crippen molar-refractivity contribution in [2.24, 2.45) is 0 Å². The molecule has 2 aromatic rings. The number of ether oxygens (including phenoxy) is 3. The summed E-state index contributed by atoms with van der Waals surface area (Å²) in [4.78, 5) is 26.0. The molecule has 0 aliphatic heterocycles. The lowest BCUT2D eigenvalue weighted by atomic mass is 10.2. The van der Waals surface area contributed by atoms with Crippen molar-refractivity contribution in [3.8, 4) is 17.2 Å². The Bertz CT molecular complexity index is 895. The summed E-state index contributed by atoms with van der Waals surface area (Å²) in [6.07, 6.45) is 3.10. The van der Waals surface area contributed by atoms with Gasteiger partial charge >= 0.3 is 0 Å². The third kappa shape index (κ3) is 6.84. The van der Waals surface area contributed by atoms with E-state index in [1.165, 1.54) is 11.0 Å². The Kier molecular flexibility index (Phi) is 8.75. The van der Waals surface area contributed by atoms with Gasteiger partial charge in [0.15, 0.2) is 11.5 Å². The van der Waals surface area contributed by atoms with E-state index < -0.39 is 0 Å². The Balaban J connectivity index is 1.95. The molecule has 0 radical (unpaired) electrons. The molecule has 0 spiro atoms. The molecule has 0 aliphatic rings. The van der Waals surface area contributed by atoms with Gasteiger partial charge in [-0.05, 0) is 49.8 Å². The second-order valence-corrected chi connectivity index (χ2v) is 6.38. The zero-order valence-corrected chi connectivity index (χ0v) is 17.8. The van der Waals surface area contributed by atoms with E-state index in [0.29, 0.717) is 36.1 Å². The lowest BCUT2D eigenvalue weighted by molar-refractivity contribution is -0.129. The van der Waals surface area contributed by atoms with Crippen LogP contribution < -0.4 is 19.5 Å². The van der Waals surface area contributed by atoms with Crippen molar-refractivity contribution in [2.75, 3.05) is 39.2 Å². The van der Waals surface area contributed by atoms with Crippen LogP contribution in [0, 0.1) is 0 Å². The van der Waals surface area contributed by atoms with Gasteiger partial charge in [-0.3, -0.25) is 9.59 Å². The van der Waals surface area contributed by atoms with Gasteiger partial charge in [-0.1, -0.05) is 12.1 Å². The Labute approximate surface area is 177 Å². The van der Waals surface area contributed by atoms with Gasteiger partial charge in [-0.2, -0.15) is 0 Å². The molecule has 2 aromatic carbocycles. The number of hydrogen-bond donors (Lipinski definition) is 1. The van der Waals surface area contributed by atoms with Gasteiger partial charge in [0, 0.05) is 24.9 Å². The predicted molar refractivity (Wildman–Crippen MR) is 117 cm³/mol. The van der Waals surface area contributed by atoms with Crippen molar-refractivity contribution in [1.29, 1.82) is 0 Å². The minimum Gasteiger partial charge on any atom is -0.497 e. The van der Waals surface area contributed by atoms with Gasteiger partial charge in [0.2, 0.25) is 11.8 Å². The number of rotatable bonds is 10. The highest BCUT2D eigenvalue weighted by Gasteiger charge is 2.12. The minimum absolute atomic E-state index is 0.0849. The molecule has 30 heavy (non-hydrogen) atoms. The Hall–Kier alpha value is -3.48. The molecule has 0 heterocycles. The standard InChI is InChI=1S/C23H28N2O5/c1-5-29-20-12-11-18(15-21(20)30-6-2)24-22(26)16-25(3)23(27)13-10-17-8-7-9-19(14-17)28-4/h7-15H,5-6,16H2,1-4H3,(H,24,26)/b13-10+. The molecule has 0 aromatic heterocycles. The molecule has 0 unspecified atom stereocenters. The number of nitrogens with zero attached hydrogens (tertiary/aromatic N) is 1. The highest BCUT2D eigenvalue weighted by Crippen LogP contribution is 2.30. The van der Waals surface area contributed by atoms with Crippen molar-refractivity contribution >= 4 is 23.6 Å². The summed E-state index contributed by atoms with van der Waals surface area (Å²) in [6, 6.07) is 12.5. The molecule has 0 fully saturated rings. The fourth-order valence-corrected chi connectivity index (χ4v) is 2.66.